The number of nitrogens with zero attached hydrogens (tertiary/aromatic N) is 4. The molecule has 1 saturated heterocycles. The molecule has 4 aromatic rings. The SMILES string of the molecule is C[S+]([O-])c1cn(-c2ncc(-c3ccccc3F)cn2)c2cc(C=O)cc(N3CCCCCN3)c12. The first kappa shape index (κ1) is 22.5. The zero-order chi connectivity index (χ0) is 23.7. The molecule has 3 heterocycles. The van der Waals surface area contributed by atoms with Crippen LogP contribution in [0.15, 0.2) is 59.9 Å². The molecule has 0 aliphatic carbocycles. The van der Waals surface area contributed by atoms with Crippen LogP contribution in [-0.4, -0.2) is 44.7 Å². The van der Waals surface area contributed by atoms with Crippen LogP contribution >= 0.6 is 0 Å². The van der Waals surface area contributed by atoms with E-state index >= 15 is 0 Å². The lowest BCUT2D eigenvalue weighted by atomic mass is 10.1. The molecule has 1 aliphatic heterocycles. The monoisotopic (exact) mass is 477 g/mol. The number of hydrogen-bond acceptors (Lipinski definition) is 6. The highest BCUT2D eigenvalue weighted by Gasteiger charge is 2.25. The third-order valence-electron chi connectivity index (χ3n) is 6.01. The van der Waals surface area contributed by atoms with Crippen molar-refractivity contribution in [3.8, 4) is 17.1 Å². The van der Waals surface area contributed by atoms with E-state index in [1.165, 1.54) is 6.07 Å². The molecule has 1 atom stereocenters. The number of fused-ring (bicyclic) bond motifs is 1. The second-order valence-electron chi connectivity index (χ2n) is 8.24. The number of carbonyl (C=O) groups excluding carboxylic acids is 1. The largest absolute Gasteiger partial charge is 0.612 e. The number of hydrazine groups is 1. The number of nitrogens with one attached hydrogen (secondary N) is 1. The molecule has 174 valence electrons. The van der Waals surface area contributed by atoms with E-state index in [1.807, 2.05) is 11.1 Å². The van der Waals surface area contributed by atoms with Gasteiger partial charge < -0.3 is 9.56 Å². The Labute approximate surface area is 199 Å². The maximum atomic E-state index is 14.2. The van der Waals surface area contributed by atoms with E-state index in [4.69, 9.17) is 0 Å². The van der Waals surface area contributed by atoms with Crippen molar-refractivity contribution in [2.24, 2.45) is 0 Å². The van der Waals surface area contributed by atoms with Gasteiger partial charge in [0.25, 0.3) is 0 Å². The summed E-state index contributed by atoms with van der Waals surface area (Å²) >= 11 is -1.29. The van der Waals surface area contributed by atoms with Crippen LogP contribution in [0.5, 0.6) is 0 Å². The summed E-state index contributed by atoms with van der Waals surface area (Å²) in [6.07, 6.45) is 10.5. The molecular formula is C25H24FN5O2S. The molecule has 0 spiro atoms. The summed E-state index contributed by atoms with van der Waals surface area (Å²) in [5.74, 6) is -0.00115. The fraction of sp³-hybridized carbons (Fsp3) is 0.240. The van der Waals surface area contributed by atoms with Crippen molar-refractivity contribution < 1.29 is 13.7 Å². The fourth-order valence-corrected chi connectivity index (χ4v) is 5.09. The molecule has 34 heavy (non-hydrogen) atoms. The summed E-state index contributed by atoms with van der Waals surface area (Å²) in [6, 6.07) is 10.0. The number of aldehydes is 1. The number of hydrogen-bond donors (Lipinski definition) is 1. The number of benzene rings is 2. The minimum absolute atomic E-state index is 0.347. The highest BCUT2D eigenvalue weighted by atomic mass is 32.2. The average Bonchev–Trinajstić information content (AvgIpc) is 3.03. The van der Waals surface area contributed by atoms with Crippen molar-refractivity contribution in [1.29, 1.82) is 0 Å². The van der Waals surface area contributed by atoms with E-state index in [-0.39, 0.29) is 5.82 Å². The summed E-state index contributed by atoms with van der Waals surface area (Å²) in [4.78, 5) is 21.4. The zero-order valence-electron chi connectivity index (χ0n) is 18.7. The normalized spacial score (nSPS) is 15.3. The van der Waals surface area contributed by atoms with E-state index in [9.17, 15) is 13.7 Å². The van der Waals surface area contributed by atoms with Gasteiger partial charge in [-0.25, -0.2) is 19.8 Å². The maximum Gasteiger partial charge on any atom is 0.234 e. The van der Waals surface area contributed by atoms with Crippen LogP contribution in [0.3, 0.4) is 0 Å². The quantitative estimate of drug-likeness (QED) is 0.341. The standard InChI is InChI=1S/C25H24FN5O2S/c1-34(33)23-15-30(25-27-13-18(14-28-25)19-7-3-4-8-20(19)26)21-11-17(16-32)12-22(24(21)23)31-10-6-2-5-9-29-31/h3-4,7-8,11-16,29H,2,5-6,9-10H2,1H3. The highest BCUT2D eigenvalue weighted by molar-refractivity contribution is 7.91. The van der Waals surface area contributed by atoms with Crippen LogP contribution in [0.4, 0.5) is 10.1 Å². The Bertz CT molecular complexity index is 1330. The van der Waals surface area contributed by atoms with Crippen LogP contribution in [0.2, 0.25) is 0 Å². The van der Waals surface area contributed by atoms with Crippen molar-refractivity contribution in [1.82, 2.24) is 20.0 Å². The van der Waals surface area contributed by atoms with Crippen molar-refractivity contribution >= 4 is 34.1 Å². The van der Waals surface area contributed by atoms with Gasteiger partial charge in [-0.15, -0.1) is 0 Å². The van der Waals surface area contributed by atoms with Gasteiger partial charge in [-0.2, -0.15) is 0 Å². The number of aromatic nitrogens is 3. The van der Waals surface area contributed by atoms with Gasteiger partial charge in [-0.1, -0.05) is 24.6 Å². The van der Waals surface area contributed by atoms with E-state index in [1.54, 1.807) is 53.7 Å². The molecule has 2 aromatic carbocycles. The first-order chi connectivity index (χ1) is 16.6. The summed E-state index contributed by atoms with van der Waals surface area (Å²) in [7, 11) is 0. The second kappa shape index (κ2) is 9.54. The predicted octanol–water partition coefficient (Wildman–Crippen LogP) is 4.27. The lowest BCUT2D eigenvalue weighted by Gasteiger charge is -2.25. The smallest absolute Gasteiger partial charge is 0.234 e. The van der Waals surface area contributed by atoms with Gasteiger partial charge in [0, 0.05) is 42.2 Å². The lowest BCUT2D eigenvalue weighted by Crippen LogP contribution is -2.38. The Morgan fingerprint density at radius 1 is 1.15 bits per heavy atom. The van der Waals surface area contributed by atoms with E-state index < -0.39 is 11.2 Å². The Hall–Kier alpha value is -3.27. The summed E-state index contributed by atoms with van der Waals surface area (Å²) in [5, 5.41) is 2.84. The Balaban J connectivity index is 1.66. The third-order valence-corrected chi connectivity index (χ3v) is 6.94. The minimum atomic E-state index is -1.29. The molecule has 9 heteroatoms. The van der Waals surface area contributed by atoms with Gasteiger partial charge in [0.2, 0.25) is 5.95 Å². The molecule has 1 unspecified atom stereocenters. The van der Waals surface area contributed by atoms with Gasteiger partial charge in [0.15, 0.2) is 4.90 Å². The molecule has 1 N–H and O–H groups in total. The van der Waals surface area contributed by atoms with Crippen LogP contribution in [0.25, 0.3) is 28.0 Å². The van der Waals surface area contributed by atoms with Crippen LogP contribution in [-0.2, 0) is 11.2 Å². The molecule has 1 fully saturated rings. The first-order valence-corrected chi connectivity index (χ1v) is 12.7. The summed E-state index contributed by atoms with van der Waals surface area (Å²) in [6.45, 7) is 1.62. The molecule has 5 rings (SSSR count). The van der Waals surface area contributed by atoms with Crippen LogP contribution < -0.4 is 10.4 Å². The average molecular weight is 478 g/mol. The number of anilines is 1. The van der Waals surface area contributed by atoms with E-state index in [2.05, 4.69) is 15.4 Å². The third kappa shape index (κ3) is 4.18. The molecule has 0 bridgehead atoms. The Morgan fingerprint density at radius 2 is 1.94 bits per heavy atom. The Morgan fingerprint density at radius 3 is 2.68 bits per heavy atom. The van der Waals surface area contributed by atoms with Crippen LogP contribution in [0, 0.1) is 5.82 Å². The summed E-state index contributed by atoms with van der Waals surface area (Å²) < 4.78 is 28.7. The molecule has 0 saturated carbocycles. The second-order valence-corrected chi connectivity index (χ2v) is 9.59. The zero-order valence-corrected chi connectivity index (χ0v) is 19.5. The van der Waals surface area contributed by atoms with Crippen molar-refractivity contribution in [3.63, 3.8) is 0 Å². The van der Waals surface area contributed by atoms with E-state index in [0.29, 0.717) is 33.1 Å². The summed E-state index contributed by atoms with van der Waals surface area (Å²) in [5.41, 5.74) is 6.41. The fourth-order valence-electron chi connectivity index (χ4n) is 4.34. The van der Waals surface area contributed by atoms with Gasteiger partial charge >= 0.3 is 0 Å². The van der Waals surface area contributed by atoms with Crippen molar-refractivity contribution in [2.75, 3.05) is 24.4 Å². The lowest BCUT2D eigenvalue weighted by molar-refractivity contribution is 0.112. The van der Waals surface area contributed by atoms with Gasteiger partial charge in [-0.05, 0) is 42.2 Å². The topological polar surface area (TPSA) is 86.1 Å². The molecule has 2 aromatic heterocycles. The molecule has 7 nitrogen and oxygen atoms in total. The predicted molar refractivity (Wildman–Crippen MR) is 131 cm³/mol. The van der Waals surface area contributed by atoms with Crippen molar-refractivity contribution in [3.05, 3.63) is 66.4 Å². The van der Waals surface area contributed by atoms with Gasteiger partial charge in [0.05, 0.1) is 22.8 Å². The number of carbonyl (C=O) groups is 1. The Kier molecular flexibility index (Phi) is 6.32. The number of rotatable bonds is 5. The molecule has 1 aliphatic rings. The van der Waals surface area contributed by atoms with Gasteiger partial charge in [-0.3, -0.25) is 9.36 Å². The van der Waals surface area contributed by atoms with Crippen molar-refractivity contribution in [2.45, 2.75) is 24.2 Å². The van der Waals surface area contributed by atoms with E-state index in [0.717, 1.165) is 49.7 Å². The minimum Gasteiger partial charge on any atom is -0.612 e. The molecule has 0 amide bonds. The molecular weight excluding hydrogens is 453 g/mol. The van der Waals surface area contributed by atoms with Crippen LogP contribution in [0.1, 0.15) is 29.6 Å². The molecule has 0 radical (unpaired) electrons. The highest BCUT2D eigenvalue weighted by Crippen LogP contribution is 2.36. The number of halogens is 1. The van der Waals surface area contributed by atoms with Gasteiger partial charge in [0.1, 0.15) is 18.4 Å². The first-order valence-electron chi connectivity index (χ1n) is 11.1. The maximum absolute atomic E-state index is 14.2.